The third-order valence-electron chi connectivity index (χ3n) is 2.77. The molecule has 0 bridgehead atoms. The summed E-state index contributed by atoms with van der Waals surface area (Å²) in [4.78, 5) is 11.7. The Balaban J connectivity index is 2.10. The Morgan fingerprint density at radius 3 is 2.62 bits per heavy atom. The zero-order valence-electron chi connectivity index (χ0n) is 12.4. The lowest BCUT2D eigenvalue weighted by atomic mass is 10.2. The minimum atomic E-state index is -0.122. The molecule has 5 nitrogen and oxygen atoms in total. The van der Waals surface area contributed by atoms with Crippen molar-refractivity contribution < 1.29 is 14.3 Å². The van der Waals surface area contributed by atoms with Crippen LogP contribution >= 0.6 is 11.6 Å². The van der Waals surface area contributed by atoms with E-state index >= 15 is 0 Å². The third kappa shape index (κ3) is 7.90. The molecular formula is C15H23ClN2O3. The van der Waals surface area contributed by atoms with Crippen molar-refractivity contribution in [3.8, 4) is 0 Å². The van der Waals surface area contributed by atoms with Crippen LogP contribution in [0.4, 0.5) is 11.4 Å². The number of benzene rings is 1. The van der Waals surface area contributed by atoms with Gasteiger partial charge in [0.15, 0.2) is 0 Å². The van der Waals surface area contributed by atoms with Gasteiger partial charge in [-0.1, -0.05) is 24.9 Å². The molecular weight excluding hydrogens is 292 g/mol. The highest BCUT2D eigenvalue weighted by Gasteiger charge is 2.04. The molecule has 0 atom stereocenters. The highest BCUT2D eigenvalue weighted by atomic mass is 35.5. The zero-order valence-corrected chi connectivity index (χ0v) is 13.1. The van der Waals surface area contributed by atoms with E-state index in [0.29, 0.717) is 36.2 Å². The minimum Gasteiger partial charge on any atom is -0.397 e. The normalized spacial score (nSPS) is 10.6. The zero-order chi connectivity index (χ0) is 15.5. The van der Waals surface area contributed by atoms with Gasteiger partial charge in [0.05, 0.1) is 37.0 Å². The SMILES string of the molecule is CCCCOCCOCCC(=O)Nc1ccc(Cl)c(N)c1. The third-order valence-corrected chi connectivity index (χ3v) is 3.11. The standard InChI is InChI=1S/C15H23ClN2O3/c1-2-3-7-20-9-10-21-8-6-15(19)18-12-4-5-13(16)14(17)11-12/h4-5,11H,2-3,6-10,17H2,1H3,(H,18,19). The van der Waals surface area contributed by atoms with Gasteiger partial charge in [-0.05, 0) is 24.6 Å². The molecule has 0 aliphatic rings. The van der Waals surface area contributed by atoms with Crippen LogP contribution in [-0.4, -0.2) is 32.3 Å². The van der Waals surface area contributed by atoms with Gasteiger partial charge in [0.25, 0.3) is 0 Å². The van der Waals surface area contributed by atoms with E-state index in [1.165, 1.54) is 0 Å². The molecule has 1 amide bonds. The first-order valence-electron chi connectivity index (χ1n) is 7.14. The smallest absolute Gasteiger partial charge is 0.226 e. The second-order valence-corrected chi connectivity index (χ2v) is 5.02. The molecule has 1 aromatic carbocycles. The molecule has 0 aromatic heterocycles. The number of carbonyl (C=O) groups is 1. The summed E-state index contributed by atoms with van der Waals surface area (Å²) in [5.74, 6) is -0.122. The Bertz CT molecular complexity index is 441. The van der Waals surface area contributed by atoms with E-state index in [-0.39, 0.29) is 12.3 Å². The molecule has 0 radical (unpaired) electrons. The second kappa shape index (κ2) is 10.4. The Morgan fingerprint density at radius 1 is 1.24 bits per heavy atom. The summed E-state index contributed by atoms with van der Waals surface area (Å²) in [6.07, 6.45) is 2.47. The highest BCUT2D eigenvalue weighted by molar-refractivity contribution is 6.33. The van der Waals surface area contributed by atoms with Crippen molar-refractivity contribution in [3.05, 3.63) is 23.2 Å². The molecule has 0 saturated carbocycles. The quantitative estimate of drug-likeness (QED) is 0.514. The van der Waals surface area contributed by atoms with Crippen LogP contribution in [0.25, 0.3) is 0 Å². The molecule has 0 heterocycles. The number of unbranched alkanes of at least 4 members (excludes halogenated alkanes) is 1. The van der Waals surface area contributed by atoms with Crippen LogP contribution in [0.2, 0.25) is 5.02 Å². The van der Waals surface area contributed by atoms with Gasteiger partial charge >= 0.3 is 0 Å². The van der Waals surface area contributed by atoms with Gasteiger partial charge < -0.3 is 20.5 Å². The van der Waals surface area contributed by atoms with E-state index < -0.39 is 0 Å². The molecule has 6 heteroatoms. The number of nitrogen functional groups attached to an aromatic ring is 1. The summed E-state index contributed by atoms with van der Waals surface area (Å²) in [6, 6.07) is 4.98. The summed E-state index contributed by atoms with van der Waals surface area (Å²) >= 11 is 5.81. The maximum absolute atomic E-state index is 11.7. The van der Waals surface area contributed by atoms with Crippen molar-refractivity contribution in [2.75, 3.05) is 37.5 Å². The Morgan fingerprint density at radius 2 is 1.95 bits per heavy atom. The van der Waals surface area contributed by atoms with Gasteiger partial charge in [0.2, 0.25) is 5.91 Å². The fraction of sp³-hybridized carbons (Fsp3) is 0.533. The molecule has 0 spiro atoms. The monoisotopic (exact) mass is 314 g/mol. The first-order chi connectivity index (χ1) is 10.1. The molecule has 118 valence electrons. The number of nitrogens with one attached hydrogen (secondary N) is 1. The number of hydrogen-bond acceptors (Lipinski definition) is 4. The van der Waals surface area contributed by atoms with Crippen LogP contribution in [0.3, 0.4) is 0 Å². The summed E-state index contributed by atoms with van der Waals surface area (Å²) < 4.78 is 10.7. The van der Waals surface area contributed by atoms with E-state index in [1.807, 2.05) is 0 Å². The first-order valence-corrected chi connectivity index (χ1v) is 7.51. The molecule has 3 N–H and O–H groups in total. The van der Waals surface area contributed by atoms with E-state index in [1.54, 1.807) is 18.2 Å². The van der Waals surface area contributed by atoms with Gasteiger partial charge in [-0.3, -0.25) is 4.79 Å². The number of nitrogens with two attached hydrogens (primary N) is 1. The molecule has 0 aliphatic heterocycles. The second-order valence-electron chi connectivity index (χ2n) is 4.61. The summed E-state index contributed by atoms with van der Waals surface area (Å²) in [5, 5.41) is 3.21. The lowest BCUT2D eigenvalue weighted by molar-refractivity contribution is -0.117. The van der Waals surface area contributed by atoms with Crippen LogP contribution in [-0.2, 0) is 14.3 Å². The number of hydrogen-bond donors (Lipinski definition) is 2. The largest absolute Gasteiger partial charge is 0.397 e. The molecule has 1 rings (SSSR count). The summed E-state index contributed by atoms with van der Waals surface area (Å²) in [5.41, 5.74) is 6.73. The molecule has 0 saturated heterocycles. The Hall–Kier alpha value is -1.30. The number of carbonyl (C=O) groups excluding carboxylic acids is 1. The number of anilines is 2. The maximum atomic E-state index is 11.7. The Labute approximate surface area is 130 Å². The topological polar surface area (TPSA) is 73.6 Å². The number of amides is 1. The predicted octanol–water partition coefficient (Wildman–Crippen LogP) is 3.08. The number of ether oxygens (including phenoxy) is 2. The predicted molar refractivity (Wildman–Crippen MR) is 85.7 cm³/mol. The van der Waals surface area contributed by atoms with Crippen LogP contribution in [0.15, 0.2) is 18.2 Å². The maximum Gasteiger partial charge on any atom is 0.226 e. The van der Waals surface area contributed by atoms with E-state index in [4.69, 9.17) is 26.8 Å². The van der Waals surface area contributed by atoms with Crippen molar-refractivity contribution in [1.29, 1.82) is 0 Å². The molecule has 21 heavy (non-hydrogen) atoms. The highest BCUT2D eigenvalue weighted by Crippen LogP contribution is 2.22. The van der Waals surface area contributed by atoms with Crippen molar-refractivity contribution in [1.82, 2.24) is 0 Å². The van der Waals surface area contributed by atoms with Crippen molar-refractivity contribution in [2.45, 2.75) is 26.2 Å². The van der Waals surface area contributed by atoms with E-state index in [9.17, 15) is 4.79 Å². The lowest BCUT2D eigenvalue weighted by Crippen LogP contribution is -2.15. The molecule has 0 unspecified atom stereocenters. The van der Waals surface area contributed by atoms with Gasteiger partial charge in [-0.25, -0.2) is 0 Å². The van der Waals surface area contributed by atoms with E-state index in [2.05, 4.69) is 12.2 Å². The average Bonchev–Trinajstić information content (AvgIpc) is 2.46. The van der Waals surface area contributed by atoms with Gasteiger partial charge in [0, 0.05) is 12.3 Å². The van der Waals surface area contributed by atoms with Crippen molar-refractivity contribution in [3.63, 3.8) is 0 Å². The van der Waals surface area contributed by atoms with Gasteiger partial charge in [-0.15, -0.1) is 0 Å². The van der Waals surface area contributed by atoms with E-state index in [0.717, 1.165) is 19.4 Å². The first kappa shape index (κ1) is 17.8. The minimum absolute atomic E-state index is 0.122. The van der Waals surface area contributed by atoms with Crippen molar-refractivity contribution >= 4 is 28.9 Å². The molecule has 1 aromatic rings. The summed E-state index contributed by atoms with van der Waals surface area (Å²) in [6.45, 7) is 4.32. The van der Waals surface area contributed by atoms with Gasteiger partial charge in [0.1, 0.15) is 0 Å². The molecule has 0 aliphatic carbocycles. The van der Waals surface area contributed by atoms with Crippen molar-refractivity contribution in [2.24, 2.45) is 0 Å². The Kier molecular flexibility index (Phi) is 8.82. The number of halogens is 1. The van der Waals surface area contributed by atoms with Crippen LogP contribution in [0.1, 0.15) is 26.2 Å². The molecule has 0 fully saturated rings. The van der Waals surface area contributed by atoms with Crippen LogP contribution in [0, 0.1) is 0 Å². The fourth-order valence-electron chi connectivity index (χ4n) is 1.58. The van der Waals surface area contributed by atoms with Gasteiger partial charge in [-0.2, -0.15) is 0 Å². The summed E-state index contributed by atoms with van der Waals surface area (Å²) in [7, 11) is 0. The van der Waals surface area contributed by atoms with Crippen LogP contribution in [0.5, 0.6) is 0 Å². The number of rotatable bonds is 10. The van der Waals surface area contributed by atoms with Crippen LogP contribution < -0.4 is 11.1 Å². The lowest BCUT2D eigenvalue weighted by Gasteiger charge is -2.08. The average molecular weight is 315 g/mol. The fourth-order valence-corrected chi connectivity index (χ4v) is 1.70.